The van der Waals surface area contributed by atoms with Gasteiger partial charge in [0.1, 0.15) is 29.3 Å². The van der Waals surface area contributed by atoms with E-state index in [-0.39, 0.29) is 11.9 Å². The molecule has 0 bridgehead atoms. The lowest BCUT2D eigenvalue weighted by Gasteiger charge is -2.32. The molecule has 3 heterocycles. The highest BCUT2D eigenvalue weighted by atomic mass is 16.5. The molecule has 198 valence electrons. The number of nitrogen functional groups attached to an aromatic ring is 1. The molecule has 0 unspecified atom stereocenters. The van der Waals surface area contributed by atoms with Gasteiger partial charge < -0.3 is 20.3 Å². The third kappa shape index (κ3) is 5.47. The van der Waals surface area contributed by atoms with Crippen molar-refractivity contribution in [3.8, 4) is 22.8 Å². The largest absolute Gasteiger partial charge is 0.457 e. The van der Waals surface area contributed by atoms with Gasteiger partial charge in [-0.1, -0.05) is 32.0 Å². The number of benzene rings is 2. The smallest absolute Gasteiger partial charge is 0.223 e. The maximum atomic E-state index is 12.8. The summed E-state index contributed by atoms with van der Waals surface area (Å²) in [5, 5.41) is 5.74. The number of carbonyl (C=O) groups excluding carboxylic acids is 1. The van der Waals surface area contributed by atoms with Crippen LogP contribution in [0.25, 0.3) is 22.3 Å². The predicted octanol–water partition coefficient (Wildman–Crippen LogP) is 4.76. The molecule has 0 spiro atoms. The zero-order chi connectivity index (χ0) is 26.5. The third-order valence-electron chi connectivity index (χ3n) is 7.32. The van der Waals surface area contributed by atoms with Crippen LogP contribution in [0.15, 0.2) is 60.9 Å². The number of aromatic nitrogens is 4. The van der Waals surface area contributed by atoms with E-state index in [4.69, 9.17) is 15.6 Å². The average molecular weight is 514 g/mol. The van der Waals surface area contributed by atoms with Crippen molar-refractivity contribution in [3.63, 3.8) is 0 Å². The molecule has 5 rings (SSSR count). The Balaban J connectivity index is 1.33. The van der Waals surface area contributed by atoms with Gasteiger partial charge in [-0.25, -0.2) is 14.6 Å². The molecule has 0 aliphatic carbocycles. The van der Waals surface area contributed by atoms with Gasteiger partial charge in [-0.05, 0) is 62.3 Å². The van der Waals surface area contributed by atoms with E-state index in [2.05, 4.69) is 28.7 Å². The Morgan fingerprint density at radius 3 is 2.37 bits per heavy atom. The Morgan fingerprint density at radius 2 is 1.68 bits per heavy atom. The summed E-state index contributed by atoms with van der Waals surface area (Å²) in [6.07, 6.45) is 3.69. The van der Waals surface area contributed by atoms with E-state index in [9.17, 15) is 4.79 Å². The van der Waals surface area contributed by atoms with Gasteiger partial charge in [-0.3, -0.25) is 4.79 Å². The van der Waals surface area contributed by atoms with Crippen molar-refractivity contribution in [3.05, 3.63) is 60.9 Å². The lowest BCUT2D eigenvalue weighted by Crippen LogP contribution is -2.40. The number of hydrogen-bond donors (Lipinski definition) is 1. The molecular weight excluding hydrogens is 478 g/mol. The number of likely N-dealkylation sites (tertiary alicyclic amines) is 1. The van der Waals surface area contributed by atoms with E-state index in [1.807, 2.05) is 64.2 Å². The Kier molecular flexibility index (Phi) is 7.83. The molecule has 38 heavy (non-hydrogen) atoms. The molecule has 1 amide bonds. The number of fused-ring (bicyclic) bond motifs is 1. The van der Waals surface area contributed by atoms with Crippen LogP contribution < -0.4 is 10.5 Å². The number of para-hydroxylation sites is 1. The summed E-state index contributed by atoms with van der Waals surface area (Å²) in [6, 6.07) is 17.6. The van der Waals surface area contributed by atoms with Crippen molar-refractivity contribution in [1.29, 1.82) is 0 Å². The van der Waals surface area contributed by atoms with Crippen LogP contribution >= 0.6 is 0 Å². The number of nitrogens with zero attached hydrogens (tertiary/aromatic N) is 6. The van der Waals surface area contributed by atoms with Crippen molar-refractivity contribution in [1.82, 2.24) is 29.5 Å². The quantitative estimate of drug-likeness (QED) is 0.344. The van der Waals surface area contributed by atoms with E-state index >= 15 is 0 Å². The lowest BCUT2D eigenvalue weighted by molar-refractivity contribution is -0.132. The van der Waals surface area contributed by atoms with Crippen molar-refractivity contribution in [2.24, 2.45) is 0 Å². The maximum Gasteiger partial charge on any atom is 0.223 e. The summed E-state index contributed by atoms with van der Waals surface area (Å²) in [7, 11) is 0. The number of carbonyl (C=O) groups is 1. The summed E-state index contributed by atoms with van der Waals surface area (Å²) >= 11 is 0. The summed E-state index contributed by atoms with van der Waals surface area (Å²) in [5.74, 6) is 2.16. The third-order valence-corrected chi connectivity index (χ3v) is 7.32. The van der Waals surface area contributed by atoms with Crippen molar-refractivity contribution < 1.29 is 9.53 Å². The minimum absolute atomic E-state index is 0.132. The van der Waals surface area contributed by atoms with Gasteiger partial charge in [0.2, 0.25) is 5.91 Å². The molecule has 1 aliphatic rings. The molecule has 0 saturated carbocycles. The first-order valence-corrected chi connectivity index (χ1v) is 13.4. The number of ether oxygens (including phenoxy) is 1. The Bertz CT molecular complexity index is 1360. The first-order valence-electron chi connectivity index (χ1n) is 13.4. The van der Waals surface area contributed by atoms with Gasteiger partial charge in [0.15, 0.2) is 5.65 Å². The van der Waals surface area contributed by atoms with Crippen LogP contribution in [0, 0.1) is 0 Å². The SMILES string of the molecule is CCN(CC)CCC(=O)N1CCC(n2nc(-c3ccc(Oc4ccccc4)cc3)c3c(N)ncnc32)CC1. The number of piperidine rings is 1. The van der Waals surface area contributed by atoms with Crippen LogP contribution in [0.4, 0.5) is 5.82 Å². The van der Waals surface area contributed by atoms with E-state index in [1.54, 1.807) is 0 Å². The molecule has 2 aromatic heterocycles. The normalized spacial score (nSPS) is 14.3. The highest BCUT2D eigenvalue weighted by Gasteiger charge is 2.28. The number of amides is 1. The maximum absolute atomic E-state index is 12.8. The van der Waals surface area contributed by atoms with Gasteiger partial charge in [-0.15, -0.1) is 0 Å². The van der Waals surface area contributed by atoms with Crippen molar-refractivity contribution in [2.75, 3.05) is 38.5 Å². The zero-order valence-electron chi connectivity index (χ0n) is 22.1. The van der Waals surface area contributed by atoms with Crippen LogP contribution in [-0.2, 0) is 4.79 Å². The fraction of sp³-hybridized carbons (Fsp3) is 0.379. The Morgan fingerprint density at radius 1 is 1.00 bits per heavy atom. The second-order valence-electron chi connectivity index (χ2n) is 9.58. The highest BCUT2D eigenvalue weighted by Crippen LogP contribution is 2.35. The predicted molar refractivity (Wildman–Crippen MR) is 149 cm³/mol. The molecule has 9 heteroatoms. The Labute approximate surface area is 223 Å². The topological polar surface area (TPSA) is 102 Å². The van der Waals surface area contributed by atoms with Crippen LogP contribution in [0.5, 0.6) is 11.5 Å². The van der Waals surface area contributed by atoms with Crippen LogP contribution in [0.3, 0.4) is 0 Å². The van der Waals surface area contributed by atoms with E-state index in [0.29, 0.717) is 25.3 Å². The molecule has 2 aromatic carbocycles. The minimum atomic E-state index is 0.132. The molecule has 1 saturated heterocycles. The van der Waals surface area contributed by atoms with Crippen molar-refractivity contribution in [2.45, 2.75) is 39.2 Å². The van der Waals surface area contributed by atoms with Gasteiger partial charge in [-0.2, -0.15) is 5.10 Å². The second kappa shape index (κ2) is 11.6. The molecule has 1 fully saturated rings. The van der Waals surface area contributed by atoms with Gasteiger partial charge in [0.25, 0.3) is 0 Å². The first-order chi connectivity index (χ1) is 18.6. The second-order valence-corrected chi connectivity index (χ2v) is 9.58. The number of nitrogens with two attached hydrogens (primary N) is 1. The molecule has 0 radical (unpaired) electrons. The standard InChI is InChI=1S/C29H35N7O2/c1-3-34(4-2)17-16-25(37)35-18-14-22(15-19-35)36-29-26(28(30)31-20-32-29)27(33-36)21-10-12-24(13-11-21)38-23-8-6-5-7-9-23/h5-13,20,22H,3-4,14-19H2,1-2H3,(H2,30,31,32). The van der Waals surface area contributed by atoms with Crippen LogP contribution in [0.2, 0.25) is 0 Å². The summed E-state index contributed by atoms with van der Waals surface area (Å²) < 4.78 is 7.92. The lowest BCUT2D eigenvalue weighted by atomic mass is 10.0. The first kappa shape index (κ1) is 25.7. The summed E-state index contributed by atoms with van der Waals surface area (Å²) in [6.45, 7) is 8.43. The molecule has 1 aliphatic heterocycles. The van der Waals surface area contributed by atoms with Gasteiger partial charge >= 0.3 is 0 Å². The van der Waals surface area contributed by atoms with Crippen LogP contribution in [0.1, 0.15) is 39.2 Å². The fourth-order valence-electron chi connectivity index (χ4n) is 5.07. The van der Waals surface area contributed by atoms with Crippen molar-refractivity contribution >= 4 is 22.8 Å². The van der Waals surface area contributed by atoms with Crippen LogP contribution in [-0.4, -0.2) is 68.2 Å². The molecule has 0 atom stereocenters. The molecular formula is C29H35N7O2. The average Bonchev–Trinajstić information content (AvgIpc) is 3.35. The van der Waals surface area contributed by atoms with E-state index in [1.165, 1.54) is 6.33 Å². The fourth-order valence-corrected chi connectivity index (χ4v) is 5.07. The number of hydrogen-bond acceptors (Lipinski definition) is 7. The summed E-state index contributed by atoms with van der Waals surface area (Å²) in [5.41, 5.74) is 8.72. The molecule has 9 nitrogen and oxygen atoms in total. The monoisotopic (exact) mass is 513 g/mol. The Hall–Kier alpha value is -3.98. The summed E-state index contributed by atoms with van der Waals surface area (Å²) in [4.78, 5) is 25.9. The van der Waals surface area contributed by atoms with E-state index in [0.717, 1.165) is 66.3 Å². The molecule has 4 aromatic rings. The molecule has 2 N–H and O–H groups in total. The zero-order valence-corrected chi connectivity index (χ0v) is 22.1. The number of anilines is 1. The number of rotatable bonds is 9. The minimum Gasteiger partial charge on any atom is -0.457 e. The van der Waals surface area contributed by atoms with E-state index < -0.39 is 0 Å². The van der Waals surface area contributed by atoms with Gasteiger partial charge in [0, 0.05) is 31.6 Å². The highest BCUT2D eigenvalue weighted by molar-refractivity contribution is 5.98. The van der Waals surface area contributed by atoms with Gasteiger partial charge in [0.05, 0.1) is 11.4 Å².